The first-order valence-corrected chi connectivity index (χ1v) is 10.4. The van der Waals surface area contributed by atoms with Gasteiger partial charge in [-0.15, -0.1) is 0 Å². The Hall–Kier alpha value is -3.64. The van der Waals surface area contributed by atoms with Gasteiger partial charge in [-0.2, -0.15) is 0 Å². The highest BCUT2D eigenvalue weighted by molar-refractivity contribution is 6.05. The van der Waals surface area contributed by atoms with Crippen molar-refractivity contribution in [3.8, 4) is 11.3 Å². The summed E-state index contributed by atoms with van der Waals surface area (Å²) in [5, 5.41) is 4.14. The van der Waals surface area contributed by atoms with Gasteiger partial charge in [-0.1, -0.05) is 6.07 Å². The van der Waals surface area contributed by atoms with Crippen molar-refractivity contribution in [1.82, 2.24) is 9.55 Å². The second-order valence-electron chi connectivity index (χ2n) is 7.73. The minimum absolute atomic E-state index is 0.149. The Balaban J connectivity index is 1.32. The number of ether oxygens (including phenoxy) is 1. The number of nitrogens with zero attached hydrogens (tertiary/aromatic N) is 3. The van der Waals surface area contributed by atoms with E-state index in [9.17, 15) is 4.79 Å². The molecule has 6 nitrogen and oxygen atoms in total. The number of fused-ring (bicyclic) bond motifs is 1. The van der Waals surface area contributed by atoms with Crippen molar-refractivity contribution in [1.29, 1.82) is 0 Å². The Kier molecular flexibility index (Phi) is 5.14. The van der Waals surface area contributed by atoms with Gasteiger partial charge in [0.05, 0.1) is 18.9 Å². The van der Waals surface area contributed by atoms with Crippen LogP contribution in [0.5, 0.6) is 0 Å². The van der Waals surface area contributed by atoms with Crippen LogP contribution in [0.3, 0.4) is 0 Å². The fourth-order valence-corrected chi connectivity index (χ4v) is 3.95. The van der Waals surface area contributed by atoms with E-state index in [1.165, 1.54) is 0 Å². The molecule has 1 aliphatic rings. The number of nitrogens with one attached hydrogen (secondary N) is 1. The van der Waals surface area contributed by atoms with Crippen LogP contribution >= 0.6 is 0 Å². The molecule has 0 unspecified atom stereocenters. The quantitative estimate of drug-likeness (QED) is 0.542. The molecule has 1 aliphatic heterocycles. The largest absolute Gasteiger partial charge is 0.378 e. The minimum Gasteiger partial charge on any atom is -0.378 e. The number of morpholine rings is 1. The molecule has 1 saturated heterocycles. The maximum absolute atomic E-state index is 12.8. The second-order valence-corrected chi connectivity index (χ2v) is 7.73. The lowest BCUT2D eigenvalue weighted by Gasteiger charge is -2.28. The van der Waals surface area contributed by atoms with E-state index < -0.39 is 0 Å². The van der Waals surface area contributed by atoms with Gasteiger partial charge in [0.15, 0.2) is 0 Å². The standard InChI is InChI=1S/C25H24N4O2/c1-28-11-9-19-16-18(2-7-24(19)28)23-17-20(8-10-26-23)25(30)27-21-3-5-22(6-4-21)29-12-14-31-15-13-29/h2-11,16-17H,12-15H2,1H3,(H,27,30). The van der Waals surface area contributed by atoms with Crippen molar-refractivity contribution in [3.05, 3.63) is 78.6 Å². The third-order valence-corrected chi connectivity index (χ3v) is 5.70. The molecule has 0 spiro atoms. The summed E-state index contributed by atoms with van der Waals surface area (Å²) in [7, 11) is 2.03. The Morgan fingerprint density at radius 2 is 1.81 bits per heavy atom. The van der Waals surface area contributed by atoms with Gasteiger partial charge in [-0.05, 0) is 54.6 Å². The molecule has 2 aromatic heterocycles. The average molecular weight is 412 g/mol. The summed E-state index contributed by atoms with van der Waals surface area (Å²) in [5.74, 6) is -0.149. The fourth-order valence-electron chi connectivity index (χ4n) is 3.95. The normalized spacial score (nSPS) is 14.0. The van der Waals surface area contributed by atoms with Crippen LogP contribution in [0.2, 0.25) is 0 Å². The summed E-state index contributed by atoms with van der Waals surface area (Å²) < 4.78 is 7.49. The molecule has 1 N–H and O–H groups in total. The van der Waals surface area contributed by atoms with Crippen molar-refractivity contribution in [3.63, 3.8) is 0 Å². The molecule has 4 aromatic rings. The molecular formula is C25H24N4O2. The molecule has 1 amide bonds. The first kappa shape index (κ1) is 19.3. The van der Waals surface area contributed by atoms with Crippen molar-refractivity contribution < 1.29 is 9.53 Å². The number of carbonyl (C=O) groups excluding carboxylic acids is 1. The van der Waals surface area contributed by atoms with Crippen molar-refractivity contribution in [2.75, 3.05) is 36.5 Å². The van der Waals surface area contributed by atoms with Crippen LogP contribution in [0.4, 0.5) is 11.4 Å². The van der Waals surface area contributed by atoms with E-state index in [2.05, 4.69) is 38.0 Å². The number of hydrogen-bond donors (Lipinski definition) is 1. The number of anilines is 2. The number of hydrogen-bond acceptors (Lipinski definition) is 4. The molecule has 1 fully saturated rings. The van der Waals surface area contributed by atoms with Gasteiger partial charge in [-0.3, -0.25) is 9.78 Å². The lowest BCUT2D eigenvalue weighted by Crippen LogP contribution is -2.36. The van der Waals surface area contributed by atoms with Crippen LogP contribution in [0.1, 0.15) is 10.4 Å². The zero-order valence-electron chi connectivity index (χ0n) is 17.4. The molecule has 0 atom stereocenters. The second kappa shape index (κ2) is 8.24. The van der Waals surface area contributed by atoms with E-state index in [0.29, 0.717) is 5.56 Å². The predicted molar refractivity (Wildman–Crippen MR) is 124 cm³/mol. The highest BCUT2D eigenvalue weighted by Crippen LogP contribution is 2.25. The Morgan fingerprint density at radius 3 is 2.61 bits per heavy atom. The number of aromatic nitrogens is 2. The van der Waals surface area contributed by atoms with Gasteiger partial charge >= 0.3 is 0 Å². The summed E-state index contributed by atoms with van der Waals surface area (Å²) in [6, 6.07) is 19.8. The van der Waals surface area contributed by atoms with Gasteiger partial charge in [-0.25, -0.2) is 0 Å². The molecule has 5 rings (SSSR count). The van der Waals surface area contributed by atoms with E-state index in [-0.39, 0.29) is 5.91 Å². The maximum atomic E-state index is 12.8. The predicted octanol–water partition coefficient (Wildman–Crippen LogP) is 4.33. The van der Waals surface area contributed by atoms with Crippen LogP contribution in [0, 0.1) is 0 Å². The van der Waals surface area contributed by atoms with Crippen molar-refractivity contribution >= 4 is 28.2 Å². The Labute approximate surface area is 181 Å². The van der Waals surface area contributed by atoms with Crippen molar-refractivity contribution in [2.45, 2.75) is 0 Å². The number of amides is 1. The third kappa shape index (κ3) is 4.02. The lowest BCUT2D eigenvalue weighted by molar-refractivity contribution is 0.102. The molecule has 6 heteroatoms. The summed E-state index contributed by atoms with van der Waals surface area (Å²) in [5.41, 5.74) is 5.42. The summed E-state index contributed by atoms with van der Waals surface area (Å²) >= 11 is 0. The van der Waals surface area contributed by atoms with E-state index >= 15 is 0 Å². The number of rotatable bonds is 4. The number of aryl methyl sites for hydroxylation is 1. The average Bonchev–Trinajstić information content (AvgIpc) is 3.20. The smallest absolute Gasteiger partial charge is 0.255 e. The summed E-state index contributed by atoms with van der Waals surface area (Å²) in [6.07, 6.45) is 3.72. The fraction of sp³-hybridized carbons (Fsp3) is 0.200. The highest BCUT2D eigenvalue weighted by atomic mass is 16.5. The van der Waals surface area contributed by atoms with Gasteiger partial charge in [0, 0.05) is 65.9 Å². The zero-order valence-corrected chi connectivity index (χ0v) is 17.4. The molecule has 2 aromatic carbocycles. The van der Waals surface area contributed by atoms with E-state index in [0.717, 1.165) is 59.8 Å². The molecule has 31 heavy (non-hydrogen) atoms. The number of carbonyl (C=O) groups is 1. The van der Waals surface area contributed by atoms with Gasteiger partial charge in [0.2, 0.25) is 0 Å². The third-order valence-electron chi connectivity index (χ3n) is 5.70. The van der Waals surface area contributed by atoms with Crippen LogP contribution < -0.4 is 10.2 Å². The lowest BCUT2D eigenvalue weighted by atomic mass is 10.1. The molecule has 0 bridgehead atoms. The first-order valence-electron chi connectivity index (χ1n) is 10.4. The molecule has 0 radical (unpaired) electrons. The number of pyridine rings is 1. The molecule has 0 aliphatic carbocycles. The number of benzene rings is 2. The van der Waals surface area contributed by atoms with Crippen LogP contribution in [0.15, 0.2) is 73.1 Å². The van der Waals surface area contributed by atoms with Crippen LogP contribution in [-0.2, 0) is 11.8 Å². The Morgan fingerprint density at radius 1 is 1.00 bits per heavy atom. The zero-order chi connectivity index (χ0) is 21.2. The SMILES string of the molecule is Cn1ccc2cc(-c3cc(C(=O)Nc4ccc(N5CCOCC5)cc4)ccn3)ccc21. The highest BCUT2D eigenvalue weighted by Gasteiger charge is 2.12. The van der Waals surface area contributed by atoms with Crippen molar-refractivity contribution in [2.24, 2.45) is 7.05 Å². The van der Waals surface area contributed by atoms with Gasteiger partial charge in [0.25, 0.3) is 5.91 Å². The van der Waals surface area contributed by atoms with E-state index in [1.807, 2.05) is 49.6 Å². The summed E-state index contributed by atoms with van der Waals surface area (Å²) in [4.78, 5) is 19.6. The van der Waals surface area contributed by atoms with E-state index in [1.54, 1.807) is 12.3 Å². The minimum atomic E-state index is -0.149. The topological polar surface area (TPSA) is 59.4 Å². The van der Waals surface area contributed by atoms with Crippen LogP contribution in [0.25, 0.3) is 22.2 Å². The van der Waals surface area contributed by atoms with Gasteiger partial charge < -0.3 is 19.5 Å². The molecule has 156 valence electrons. The molecule has 3 heterocycles. The molecular weight excluding hydrogens is 388 g/mol. The maximum Gasteiger partial charge on any atom is 0.255 e. The van der Waals surface area contributed by atoms with Crippen LogP contribution in [-0.4, -0.2) is 41.8 Å². The monoisotopic (exact) mass is 412 g/mol. The Bertz CT molecular complexity index is 1220. The van der Waals surface area contributed by atoms with Gasteiger partial charge in [0.1, 0.15) is 0 Å². The molecule has 0 saturated carbocycles. The first-order chi connectivity index (χ1) is 15.2. The van der Waals surface area contributed by atoms with E-state index in [4.69, 9.17) is 4.74 Å². The summed E-state index contributed by atoms with van der Waals surface area (Å²) in [6.45, 7) is 3.28.